The number of imidazole rings is 1. The SMILES string of the molecule is CC(=O)N[C@H]1CCN(c2ncnc3c2nc(C(C)(C)C)n3Cc2cccnc2Cl)C1. The fourth-order valence-corrected chi connectivity index (χ4v) is 4.12. The minimum atomic E-state index is -0.198. The minimum Gasteiger partial charge on any atom is -0.353 e. The first-order valence-corrected chi connectivity index (χ1v) is 10.4. The summed E-state index contributed by atoms with van der Waals surface area (Å²) in [4.78, 5) is 31.9. The average Bonchev–Trinajstić information content (AvgIpc) is 3.27. The maximum atomic E-state index is 11.4. The van der Waals surface area contributed by atoms with Crippen molar-refractivity contribution in [3.8, 4) is 0 Å². The van der Waals surface area contributed by atoms with Crippen LogP contribution in [-0.2, 0) is 16.8 Å². The lowest BCUT2D eigenvalue weighted by Crippen LogP contribution is -2.35. The molecule has 1 N–H and O–H groups in total. The highest BCUT2D eigenvalue weighted by molar-refractivity contribution is 6.30. The van der Waals surface area contributed by atoms with Crippen molar-refractivity contribution in [3.05, 3.63) is 41.2 Å². The number of rotatable bonds is 4. The second-order valence-electron chi connectivity index (χ2n) is 8.73. The third kappa shape index (κ3) is 3.96. The van der Waals surface area contributed by atoms with Crippen LogP contribution in [0.2, 0.25) is 5.15 Å². The Morgan fingerprint density at radius 2 is 2.10 bits per heavy atom. The van der Waals surface area contributed by atoms with Crippen LogP contribution in [0, 0.1) is 0 Å². The Kier molecular flexibility index (Phi) is 5.36. The van der Waals surface area contributed by atoms with Gasteiger partial charge in [-0.15, -0.1) is 0 Å². The standard InChI is InChI=1S/C21H26ClN7O/c1-13(30)26-15-7-9-28(11-15)18-16-19(25-12-24-18)29(20(27-16)21(2,3)4)10-14-6-5-8-23-17(14)22/h5-6,8,12,15H,7,9-11H2,1-4H3,(H,26,30)/t15-/m0/s1. The molecule has 0 aromatic carbocycles. The number of carbonyl (C=O) groups excluding carboxylic acids is 1. The van der Waals surface area contributed by atoms with Gasteiger partial charge in [0, 0.05) is 43.2 Å². The van der Waals surface area contributed by atoms with Crippen LogP contribution in [0.25, 0.3) is 11.2 Å². The smallest absolute Gasteiger partial charge is 0.217 e. The van der Waals surface area contributed by atoms with Gasteiger partial charge in [0.15, 0.2) is 17.0 Å². The molecule has 158 valence electrons. The maximum absolute atomic E-state index is 11.4. The number of pyridine rings is 1. The van der Waals surface area contributed by atoms with Gasteiger partial charge in [0.05, 0.1) is 6.54 Å². The Labute approximate surface area is 180 Å². The van der Waals surface area contributed by atoms with Gasteiger partial charge in [-0.2, -0.15) is 0 Å². The molecule has 3 aromatic heterocycles. The molecule has 1 aliphatic heterocycles. The molecule has 0 spiro atoms. The fraction of sp³-hybridized carbons (Fsp3) is 0.476. The summed E-state index contributed by atoms with van der Waals surface area (Å²) >= 11 is 6.33. The third-order valence-electron chi connectivity index (χ3n) is 5.24. The minimum absolute atomic E-state index is 0.0117. The lowest BCUT2D eigenvalue weighted by Gasteiger charge is -2.20. The Morgan fingerprint density at radius 1 is 1.30 bits per heavy atom. The Hall–Kier alpha value is -2.74. The zero-order valence-corrected chi connectivity index (χ0v) is 18.4. The van der Waals surface area contributed by atoms with E-state index in [-0.39, 0.29) is 17.4 Å². The van der Waals surface area contributed by atoms with E-state index in [9.17, 15) is 4.79 Å². The number of hydrogen-bond donors (Lipinski definition) is 1. The lowest BCUT2D eigenvalue weighted by molar-refractivity contribution is -0.119. The Balaban J connectivity index is 1.78. The molecule has 1 aliphatic rings. The summed E-state index contributed by atoms with van der Waals surface area (Å²) in [6.07, 6.45) is 4.14. The predicted molar refractivity (Wildman–Crippen MR) is 117 cm³/mol. The second-order valence-corrected chi connectivity index (χ2v) is 9.08. The third-order valence-corrected chi connectivity index (χ3v) is 5.58. The van der Waals surface area contributed by atoms with E-state index < -0.39 is 0 Å². The lowest BCUT2D eigenvalue weighted by atomic mass is 9.95. The molecule has 4 heterocycles. The van der Waals surface area contributed by atoms with Crippen molar-refractivity contribution in [1.82, 2.24) is 29.8 Å². The topological polar surface area (TPSA) is 88.8 Å². The molecule has 4 rings (SSSR count). The van der Waals surface area contributed by atoms with Crippen LogP contribution in [0.15, 0.2) is 24.7 Å². The summed E-state index contributed by atoms with van der Waals surface area (Å²) < 4.78 is 2.10. The van der Waals surface area contributed by atoms with Gasteiger partial charge in [-0.05, 0) is 12.5 Å². The van der Waals surface area contributed by atoms with Gasteiger partial charge < -0.3 is 14.8 Å². The van der Waals surface area contributed by atoms with Crippen LogP contribution in [0.3, 0.4) is 0 Å². The van der Waals surface area contributed by atoms with E-state index in [4.69, 9.17) is 16.6 Å². The molecule has 0 bridgehead atoms. The van der Waals surface area contributed by atoms with Crippen molar-refractivity contribution in [3.63, 3.8) is 0 Å². The van der Waals surface area contributed by atoms with Gasteiger partial charge in [-0.1, -0.05) is 38.4 Å². The first kappa shape index (κ1) is 20.5. The van der Waals surface area contributed by atoms with Crippen molar-refractivity contribution >= 4 is 34.5 Å². The Bertz CT molecular complexity index is 1090. The highest BCUT2D eigenvalue weighted by Crippen LogP contribution is 2.32. The fourth-order valence-electron chi connectivity index (χ4n) is 3.94. The molecule has 1 amide bonds. The zero-order valence-electron chi connectivity index (χ0n) is 17.7. The quantitative estimate of drug-likeness (QED) is 0.644. The van der Waals surface area contributed by atoms with Crippen molar-refractivity contribution in [2.75, 3.05) is 18.0 Å². The predicted octanol–water partition coefficient (Wildman–Crippen LogP) is 2.94. The highest BCUT2D eigenvalue weighted by Gasteiger charge is 2.30. The van der Waals surface area contributed by atoms with Crippen LogP contribution in [0.1, 0.15) is 45.5 Å². The summed E-state index contributed by atoms with van der Waals surface area (Å²) in [7, 11) is 0. The molecule has 1 saturated heterocycles. The summed E-state index contributed by atoms with van der Waals surface area (Å²) in [5, 5.41) is 3.48. The molecule has 1 atom stereocenters. The van der Waals surface area contributed by atoms with Crippen molar-refractivity contribution < 1.29 is 4.79 Å². The molecule has 8 nitrogen and oxygen atoms in total. The van der Waals surface area contributed by atoms with E-state index in [2.05, 4.69) is 50.5 Å². The van der Waals surface area contributed by atoms with Gasteiger partial charge >= 0.3 is 0 Å². The van der Waals surface area contributed by atoms with Crippen LogP contribution >= 0.6 is 11.6 Å². The molecular weight excluding hydrogens is 402 g/mol. The second kappa shape index (κ2) is 7.83. The van der Waals surface area contributed by atoms with Crippen molar-refractivity contribution in [1.29, 1.82) is 0 Å². The van der Waals surface area contributed by atoms with E-state index >= 15 is 0 Å². The van der Waals surface area contributed by atoms with Crippen LogP contribution in [0.4, 0.5) is 5.82 Å². The number of carbonyl (C=O) groups is 1. The van der Waals surface area contributed by atoms with E-state index in [1.54, 1.807) is 19.4 Å². The molecule has 0 aliphatic carbocycles. The molecule has 0 radical (unpaired) electrons. The molecule has 3 aromatic rings. The summed E-state index contributed by atoms with van der Waals surface area (Å²) in [5.74, 6) is 1.70. The normalized spacial score (nSPS) is 17.0. The van der Waals surface area contributed by atoms with Crippen LogP contribution in [0.5, 0.6) is 0 Å². The number of aromatic nitrogens is 5. The van der Waals surface area contributed by atoms with E-state index in [1.165, 1.54) is 0 Å². The van der Waals surface area contributed by atoms with Crippen molar-refractivity contribution in [2.24, 2.45) is 0 Å². The van der Waals surface area contributed by atoms with Gasteiger partial charge in [0.2, 0.25) is 5.91 Å². The van der Waals surface area contributed by atoms with Gasteiger partial charge in [-0.3, -0.25) is 4.79 Å². The van der Waals surface area contributed by atoms with E-state index in [0.717, 1.165) is 41.3 Å². The summed E-state index contributed by atoms with van der Waals surface area (Å²) in [5.41, 5.74) is 2.26. The monoisotopic (exact) mass is 427 g/mol. The summed E-state index contributed by atoms with van der Waals surface area (Å²) in [6, 6.07) is 3.96. The number of anilines is 1. The first-order chi connectivity index (χ1) is 14.2. The average molecular weight is 428 g/mol. The molecule has 0 unspecified atom stereocenters. The first-order valence-electron chi connectivity index (χ1n) is 10.1. The number of hydrogen-bond acceptors (Lipinski definition) is 6. The molecule has 30 heavy (non-hydrogen) atoms. The van der Waals surface area contributed by atoms with Gasteiger partial charge in [0.25, 0.3) is 0 Å². The molecule has 0 saturated carbocycles. The molecular formula is C21H26ClN7O. The molecule has 9 heteroatoms. The van der Waals surface area contributed by atoms with Crippen LogP contribution in [-0.4, -0.2) is 49.5 Å². The van der Waals surface area contributed by atoms with Crippen LogP contribution < -0.4 is 10.2 Å². The van der Waals surface area contributed by atoms with E-state index in [1.807, 2.05) is 12.1 Å². The van der Waals surface area contributed by atoms with E-state index in [0.29, 0.717) is 18.2 Å². The summed E-state index contributed by atoms with van der Waals surface area (Å²) in [6.45, 7) is 9.98. The van der Waals surface area contributed by atoms with Gasteiger partial charge in [0.1, 0.15) is 17.3 Å². The number of halogens is 1. The highest BCUT2D eigenvalue weighted by atomic mass is 35.5. The number of nitrogens with zero attached hydrogens (tertiary/aromatic N) is 6. The number of nitrogens with one attached hydrogen (secondary N) is 1. The maximum Gasteiger partial charge on any atom is 0.217 e. The number of fused-ring (bicyclic) bond motifs is 1. The molecule has 1 fully saturated rings. The largest absolute Gasteiger partial charge is 0.353 e. The Morgan fingerprint density at radius 3 is 2.80 bits per heavy atom. The number of amides is 1. The zero-order chi connectivity index (χ0) is 21.5. The van der Waals surface area contributed by atoms with Crippen molar-refractivity contribution in [2.45, 2.75) is 52.1 Å². The van der Waals surface area contributed by atoms with Gasteiger partial charge in [-0.25, -0.2) is 19.9 Å².